The van der Waals surface area contributed by atoms with Crippen LogP contribution in [0.2, 0.25) is 5.02 Å². The van der Waals surface area contributed by atoms with Crippen molar-refractivity contribution < 1.29 is 8.76 Å². The lowest BCUT2D eigenvalue weighted by atomic mass is 10.2. The highest BCUT2D eigenvalue weighted by Crippen LogP contribution is 2.22. The lowest BCUT2D eigenvalue weighted by Crippen LogP contribution is -1.90. The smallest absolute Gasteiger partial charge is 0.188 e. The van der Waals surface area contributed by atoms with Gasteiger partial charge in [0, 0.05) is 0 Å². The van der Waals surface area contributed by atoms with Crippen molar-refractivity contribution in [2.45, 2.75) is 11.8 Å². The van der Waals surface area contributed by atoms with Crippen molar-refractivity contribution in [2.75, 3.05) is 0 Å². The molecule has 60 valence electrons. The van der Waals surface area contributed by atoms with E-state index in [4.69, 9.17) is 16.2 Å². The van der Waals surface area contributed by atoms with Crippen molar-refractivity contribution >= 4 is 22.7 Å². The van der Waals surface area contributed by atoms with Crippen LogP contribution in [0.25, 0.3) is 0 Å². The van der Waals surface area contributed by atoms with Gasteiger partial charge in [0.1, 0.15) is 0 Å². The summed E-state index contributed by atoms with van der Waals surface area (Å²) in [4.78, 5) is 0.270. The van der Waals surface area contributed by atoms with Gasteiger partial charge < -0.3 is 4.55 Å². The molecule has 0 aromatic heterocycles. The summed E-state index contributed by atoms with van der Waals surface area (Å²) in [6.45, 7) is 1.79. The minimum Gasteiger partial charge on any atom is -0.302 e. The maximum atomic E-state index is 10.6. The molecule has 0 fully saturated rings. The Bertz CT molecular complexity index is 298. The van der Waals surface area contributed by atoms with Gasteiger partial charge in [-0.15, -0.1) is 0 Å². The monoisotopic (exact) mass is 190 g/mol. The fourth-order valence-corrected chi connectivity index (χ4v) is 1.59. The molecule has 4 heteroatoms. The summed E-state index contributed by atoms with van der Waals surface area (Å²) in [6.07, 6.45) is 0. The molecule has 0 radical (unpaired) electrons. The maximum absolute atomic E-state index is 10.6. The molecular weight excluding hydrogens is 184 g/mol. The van der Waals surface area contributed by atoms with Crippen LogP contribution >= 0.6 is 11.6 Å². The van der Waals surface area contributed by atoms with Crippen LogP contribution in [0.3, 0.4) is 0 Å². The Labute approximate surface area is 72.5 Å². The largest absolute Gasteiger partial charge is 0.302 e. The van der Waals surface area contributed by atoms with Crippen molar-refractivity contribution in [3.63, 3.8) is 0 Å². The SMILES string of the molecule is Cc1cccc(S(=O)O)c1Cl. The van der Waals surface area contributed by atoms with Gasteiger partial charge in [-0.25, -0.2) is 4.21 Å². The first kappa shape index (κ1) is 8.71. The van der Waals surface area contributed by atoms with E-state index in [1.807, 2.05) is 0 Å². The lowest BCUT2D eigenvalue weighted by molar-refractivity contribution is 0.564. The Morgan fingerprint density at radius 2 is 2.18 bits per heavy atom. The summed E-state index contributed by atoms with van der Waals surface area (Å²) < 4.78 is 19.3. The van der Waals surface area contributed by atoms with E-state index >= 15 is 0 Å². The quantitative estimate of drug-likeness (QED) is 0.690. The second kappa shape index (κ2) is 3.34. The number of halogens is 1. The van der Waals surface area contributed by atoms with Gasteiger partial charge in [-0.2, -0.15) is 0 Å². The lowest BCUT2D eigenvalue weighted by Gasteiger charge is -2.00. The second-order valence-corrected chi connectivity index (χ2v) is 3.45. The topological polar surface area (TPSA) is 37.3 Å². The molecule has 1 aromatic carbocycles. The van der Waals surface area contributed by atoms with Crippen LogP contribution in [0.5, 0.6) is 0 Å². The van der Waals surface area contributed by atoms with Crippen molar-refractivity contribution in [3.8, 4) is 0 Å². The Balaban J connectivity index is 3.27. The minimum absolute atomic E-state index is 0.270. The van der Waals surface area contributed by atoms with E-state index in [-0.39, 0.29) is 4.90 Å². The zero-order chi connectivity index (χ0) is 8.43. The van der Waals surface area contributed by atoms with E-state index < -0.39 is 11.1 Å². The van der Waals surface area contributed by atoms with Crippen LogP contribution in [-0.2, 0) is 11.1 Å². The van der Waals surface area contributed by atoms with Gasteiger partial charge in [0.25, 0.3) is 0 Å². The van der Waals surface area contributed by atoms with Gasteiger partial charge >= 0.3 is 0 Å². The van der Waals surface area contributed by atoms with Gasteiger partial charge in [0.15, 0.2) is 11.1 Å². The van der Waals surface area contributed by atoms with E-state index in [0.29, 0.717) is 5.02 Å². The Morgan fingerprint density at radius 1 is 1.55 bits per heavy atom. The van der Waals surface area contributed by atoms with Crippen LogP contribution in [0.4, 0.5) is 0 Å². The van der Waals surface area contributed by atoms with Crippen molar-refractivity contribution in [1.29, 1.82) is 0 Å². The molecule has 0 saturated carbocycles. The molecule has 2 nitrogen and oxygen atoms in total. The highest BCUT2D eigenvalue weighted by atomic mass is 35.5. The van der Waals surface area contributed by atoms with E-state index in [9.17, 15) is 4.21 Å². The minimum atomic E-state index is -1.98. The first-order valence-electron chi connectivity index (χ1n) is 2.99. The molecule has 0 saturated heterocycles. The van der Waals surface area contributed by atoms with Crippen LogP contribution in [0, 0.1) is 6.92 Å². The third-order valence-corrected chi connectivity index (χ3v) is 2.67. The highest BCUT2D eigenvalue weighted by molar-refractivity contribution is 7.79. The van der Waals surface area contributed by atoms with E-state index in [0.717, 1.165) is 5.56 Å². The van der Waals surface area contributed by atoms with E-state index in [2.05, 4.69) is 0 Å². The number of rotatable bonds is 1. The number of hydrogen-bond acceptors (Lipinski definition) is 1. The highest BCUT2D eigenvalue weighted by Gasteiger charge is 2.06. The molecule has 1 aromatic rings. The maximum Gasteiger partial charge on any atom is 0.188 e. The third-order valence-electron chi connectivity index (χ3n) is 1.34. The van der Waals surface area contributed by atoms with E-state index in [1.165, 1.54) is 6.07 Å². The molecule has 0 bridgehead atoms. The van der Waals surface area contributed by atoms with Gasteiger partial charge in [-0.1, -0.05) is 23.7 Å². The normalized spacial score (nSPS) is 13.0. The predicted octanol–water partition coefficient (Wildman–Crippen LogP) is 2.23. The molecule has 0 heterocycles. The van der Waals surface area contributed by atoms with Crippen molar-refractivity contribution in [3.05, 3.63) is 28.8 Å². The number of benzene rings is 1. The molecule has 0 spiro atoms. The summed E-state index contributed by atoms with van der Waals surface area (Å²) in [6, 6.07) is 5.02. The van der Waals surface area contributed by atoms with Crippen molar-refractivity contribution in [1.82, 2.24) is 0 Å². The molecular formula is C7H7ClO2S. The van der Waals surface area contributed by atoms with Crippen LogP contribution < -0.4 is 0 Å². The summed E-state index contributed by atoms with van der Waals surface area (Å²) >= 11 is 3.75. The zero-order valence-electron chi connectivity index (χ0n) is 5.87. The summed E-state index contributed by atoms with van der Waals surface area (Å²) in [5.74, 6) is 0. The van der Waals surface area contributed by atoms with Gasteiger partial charge in [0.2, 0.25) is 0 Å². The fourth-order valence-electron chi connectivity index (χ4n) is 0.755. The summed E-state index contributed by atoms with van der Waals surface area (Å²) in [5, 5.41) is 0.369. The average Bonchev–Trinajstić information content (AvgIpc) is 1.94. The first-order chi connectivity index (χ1) is 5.13. The number of aryl methyl sites for hydroxylation is 1. The Hall–Kier alpha value is -0.380. The first-order valence-corrected chi connectivity index (χ1v) is 4.47. The predicted molar refractivity (Wildman–Crippen MR) is 45.2 cm³/mol. The molecule has 0 aliphatic rings. The molecule has 1 unspecified atom stereocenters. The van der Waals surface area contributed by atoms with Gasteiger partial charge in [-0.3, -0.25) is 0 Å². The second-order valence-electron chi connectivity index (χ2n) is 2.14. The van der Waals surface area contributed by atoms with Crippen LogP contribution in [0.15, 0.2) is 23.1 Å². The zero-order valence-corrected chi connectivity index (χ0v) is 7.45. The third kappa shape index (κ3) is 1.80. The molecule has 0 aliphatic carbocycles. The molecule has 1 atom stereocenters. The van der Waals surface area contributed by atoms with E-state index in [1.54, 1.807) is 19.1 Å². The summed E-state index contributed by atoms with van der Waals surface area (Å²) in [5.41, 5.74) is 0.812. The van der Waals surface area contributed by atoms with Gasteiger partial charge in [-0.05, 0) is 18.6 Å². The molecule has 11 heavy (non-hydrogen) atoms. The Kier molecular flexibility index (Phi) is 2.65. The average molecular weight is 191 g/mol. The molecule has 1 N–H and O–H groups in total. The molecule has 0 amide bonds. The fraction of sp³-hybridized carbons (Fsp3) is 0.143. The van der Waals surface area contributed by atoms with Crippen LogP contribution in [-0.4, -0.2) is 8.76 Å². The Morgan fingerprint density at radius 3 is 2.64 bits per heavy atom. The summed E-state index contributed by atoms with van der Waals surface area (Å²) in [7, 11) is 0. The van der Waals surface area contributed by atoms with Crippen molar-refractivity contribution in [2.24, 2.45) is 0 Å². The van der Waals surface area contributed by atoms with Gasteiger partial charge in [0.05, 0.1) is 9.92 Å². The number of hydrogen-bond donors (Lipinski definition) is 1. The molecule has 0 aliphatic heterocycles. The molecule has 1 rings (SSSR count). The van der Waals surface area contributed by atoms with Crippen LogP contribution in [0.1, 0.15) is 5.56 Å². The standard InChI is InChI=1S/C7H7ClO2S/c1-5-3-2-4-6(7(5)8)11(9)10/h2-4H,1H3,(H,9,10).